The Hall–Kier alpha value is -8.67. The Labute approximate surface area is 776 Å². The van der Waals surface area contributed by atoms with Crippen molar-refractivity contribution in [2.75, 3.05) is 0 Å². The van der Waals surface area contributed by atoms with Gasteiger partial charge in [0.1, 0.15) is 0 Å². The second-order valence-corrected chi connectivity index (χ2v) is 75.6. The maximum atomic E-state index is 5.13. The number of hydrogen-bond donors (Lipinski definition) is 0. The van der Waals surface area contributed by atoms with Crippen LogP contribution in [0.1, 0.15) is 140 Å². The van der Waals surface area contributed by atoms with E-state index in [1.807, 2.05) is 0 Å². The van der Waals surface area contributed by atoms with Crippen molar-refractivity contribution in [3.8, 4) is 0 Å². The van der Waals surface area contributed by atoms with E-state index in [2.05, 4.69) is 324 Å². The van der Waals surface area contributed by atoms with E-state index in [0.29, 0.717) is 0 Å². The minimum atomic E-state index is -0.362. The van der Waals surface area contributed by atoms with Crippen molar-refractivity contribution in [2.45, 2.75) is 140 Å². The van der Waals surface area contributed by atoms with Gasteiger partial charge < -0.3 is 0 Å². The molecule has 610 valence electrons. The zero-order valence-corrected chi connectivity index (χ0v) is 81.2. The van der Waals surface area contributed by atoms with Crippen LogP contribution >= 0.6 is 59.9 Å². The predicted molar refractivity (Wildman–Crippen MR) is 539 cm³/mol. The predicted octanol–water partition coefficient (Wildman–Crippen LogP) is 31.6. The monoisotopic (exact) mass is 1980 g/mol. The number of hydrogen-bond acceptors (Lipinski definition) is 0. The third-order valence-electron chi connectivity index (χ3n) is 36.8. The van der Waals surface area contributed by atoms with Gasteiger partial charge in [0.05, 0.1) is 0 Å². The molecule has 12 unspecified atom stereocenters. The van der Waals surface area contributed by atoms with E-state index in [9.17, 15) is 0 Å². The molecule has 0 aliphatic heterocycles. The fourth-order valence-electron chi connectivity index (χ4n) is 32.2. The summed E-state index contributed by atoms with van der Waals surface area (Å²) in [6.45, 7) is 44.2. The topological polar surface area (TPSA) is 0 Å². The van der Waals surface area contributed by atoms with Gasteiger partial charge in [0.15, 0.2) is 0 Å². The van der Waals surface area contributed by atoms with Crippen LogP contribution in [0.3, 0.4) is 0 Å². The summed E-state index contributed by atoms with van der Waals surface area (Å²) in [6, 6.07) is 0. The normalized spacial score (nSPS) is 33.6. The number of allylic oxidation sites excluding steroid dienone is 84. The van der Waals surface area contributed by atoms with E-state index in [0.717, 1.165) is 70.6 Å². The molecule has 28 aliphatic carbocycles. The Morgan fingerprint density at radius 2 is 0.496 bits per heavy atom. The first-order valence-corrected chi connectivity index (χ1v) is 60.2. The van der Waals surface area contributed by atoms with Crippen LogP contribution in [0.2, 0.25) is 0 Å². The molecule has 0 saturated heterocycles. The summed E-state index contributed by atoms with van der Waals surface area (Å²) in [7, 11) is 0. The van der Waals surface area contributed by atoms with Crippen LogP contribution in [0, 0.1) is 69.0 Å². The van der Waals surface area contributed by atoms with Gasteiger partial charge in [-0.2, -0.15) is 0 Å². The van der Waals surface area contributed by atoms with Gasteiger partial charge in [0.2, 0.25) is 0 Å². The molecule has 0 aromatic carbocycles. The van der Waals surface area contributed by atoms with E-state index >= 15 is 0 Å². The molecule has 0 radical (unpaired) electrons. The summed E-state index contributed by atoms with van der Waals surface area (Å²) >= 11 is 7.39. The van der Waals surface area contributed by atoms with E-state index < -0.39 is 0 Å². The van der Waals surface area contributed by atoms with Crippen molar-refractivity contribution < 1.29 is 4.92 Å². The molecule has 0 fully saturated rings. The van der Waals surface area contributed by atoms with Crippen molar-refractivity contribution in [1.29, 1.82) is 0 Å². The third kappa shape index (κ3) is 8.59. The van der Waals surface area contributed by atoms with Gasteiger partial charge in [-0.1, -0.05) is 271 Å². The molecule has 4 spiro atoms. The van der Waals surface area contributed by atoms with Crippen molar-refractivity contribution in [2.24, 2.45) is 69.0 Å². The summed E-state index contributed by atoms with van der Waals surface area (Å²) in [4.78, 5) is -0.278. The summed E-state index contributed by atoms with van der Waals surface area (Å²) in [5.74, 6) is 1.34. The molecule has 0 amide bonds. The van der Waals surface area contributed by atoms with E-state index in [1.54, 1.807) is 78.0 Å². The second-order valence-electron chi connectivity index (χ2n) is 40.2. The molecule has 4 heteroatoms. The molecule has 12 atom stereocenters. The van der Waals surface area contributed by atoms with Crippen molar-refractivity contribution in [1.82, 2.24) is 0 Å². The van der Waals surface area contributed by atoms with Crippen molar-refractivity contribution >= 4 is 59.9 Å². The Morgan fingerprint density at radius 1 is 0.264 bits per heavy atom. The third-order valence-corrected chi connectivity index (χ3v) is 36.8. The van der Waals surface area contributed by atoms with Crippen LogP contribution in [0.15, 0.2) is 511 Å². The average Bonchev–Trinajstić information content (AvgIpc) is 1.52. The quantitative estimate of drug-likeness (QED) is 0.152. The molecule has 0 nitrogen and oxygen atoms in total. The van der Waals surface area contributed by atoms with Crippen LogP contribution in [0.25, 0.3) is 0 Å². The molecular weight excluding hydrogens is 1880 g/mol. The molecule has 0 saturated carbocycles. The molecular formula is C121H100I3V. The molecule has 0 N–H and O–H groups in total. The summed E-state index contributed by atoms with van der Waals surface area (Å²) in [5.41, 5.74) is 76.7. The summed E-state index contributed by atoms with van der Waals surface area (Å²) in [5, 5.41) is 0. The first-order chi connectivity index (χ1) is 60.8. The fraction of sp³-hybridized carbons (Fsp3) is 0.273. The molecule has 0 aromatic rings. The van der Waals surface area contributed by atoms with E-state index in [4.69, 9.17) is 26.3 Å². The van der Waals surface area contributed by atoms with Gasteiger partial charge in [-0.25, -0.2) is 0 Å². The Bertz CT molecular complexity index is 7280. The summed E-state index contributed by atoms with van der Waals surface area (Å²) in [6.07, 6.45) is 92.6. The van der Waals surface area contributed by atoms with Gasteiger partial charge in [0.25, 0.3) is 0 Å². The molecule has 0 aromatic heterocycles. The van der Waals surface area contributed by atoms with Crippen molar-refractivity contribution in [3.63, 3.8) is 0 Å². The summed E-state index contributed by atoms with van der Waals surface area (Å²) < 4.78 is 0. The van der Waals surface area contributed by atoms with Gasteiger partial charge in [-0.05, 0) is 380 Å². The van der Waals surface area contributed by atoms with Crippen LogP contribution < -0.4 is 0 Å². The standard InChI is InChI=1S/C121H100.3HI.V/c1-15-58(5)68-31-35-74-63(10)75-38-39-77-65(12)78-40-49-87-96(84-24-20-28-103(84)119(106(68)74,111(75)77)112(78)87)55-100-91-47-33-70(60(7)17-3)108(91)121-105-30-22-26-86(105)98(89-51-42-81(114(89)121)67(14)82-44-53-94(100)116(82)121)57-101-92-48-34-71(61(8)18-4)109(92)120-104-29-21-25-85(104)97(88-50-41-80(113(88)120)66(13)83-45-54-95(101)117(83)120)56-99-90-46-32-69(59(6)16-2)107(90)118-102-27-19-23-72(102)62(9)73-36-37-76(110(73)118)64(11)79-43-52-93(99)115(79)118;;;;/h19-26,31-54,106-110,112-114H,5-8,15-18,27-30,55-57H2,1-4,9-14H3;3*1H;/q;;;;+3/p-3. The van der Waals surface area contributed by atoms with Crippen LogP contribution in [0.5, 0.6) is 0 Å². The Morgan fingerprint density at radius 3 is 0.800 bits per heavy atom. The van der Waals surface area contributed by atoms with Gasteiger partial charge in [-0.3, -0.25) is 0 Å². The molecule has 28 rings (SSSR count). The molecule has 28 aliphatic rings. The van der Waals surface area contributed by atoms with Gasteiger partial charge >= 0.3 is 64.9 Å². The van der Waals surface area contributed by atoms with Crippen LogP contribution in [0.4, 0.5) is 0 Å². The zero-order valence-electron chi connectivity index (χ0n) is 73.3. The van der Waals surface area contributed by atoms with Gasteiger partial charge in [0, 0.05) is 69.0 Å². The van der Waals surface area contributed by atoms with Crippen LogP contribution in [-0.2, 0) is 4.92 Å². The zero-order chi connectivity index (χ0) is 84.6. The minimum absolute atomic E-state index is 0.0874. The Kier molecular flexibility index (Phi) is 15.8. The average molecular weight is 1990 g/mol. The first-order valence-electron chi connectivity index (χ1n) is 46.7. The van der Waals surface area contributed by atoms with Crippen molar-refractivity contribution in [3.05, 3.63) is 511 Å². The number of rotatable bonds is 14. The van der Waals surface area contributed by atoms with Crippen LogP contribution in [-0.4, -0.2) is 0 Å². The number of halogens is 3. The second kappa shape index (κ2) is 25.9. The fourth-order valence-corrected chi connectivity index (χ4v) is 32.2. The SMILES string of the molecule is C=C(CC)C1=CC=C2C(CC3=C4C=CC5=C(C)C6=C7C(=C(CC8=C9C=CC%10=C(C)C%11=C%12C(=C(CC%13=C%14C=CC%15=C(C)C%16=C%17C(=C(C)C%18=CC=C(C(=C)CC)C%18C%17(C%17=C%13C=CC%17)C%15%14)C=C%16)C%13=CC=C(C(=C)CC)C%13C%12(C%12=C8C=CC%12)C%109)C=C%11)C8=CC=C(C(=C)CC)C8C7(C7=C3C=CC7)C54)C=C6)=C3C=CC4=C3C3(C5=C(C=CC5)C(C)=C5C=CC(=C4C)C53)C12.[I][V]([I])[I]. The Balaban J connectivity index is 0.00000200. The van der Waals surface area contributed by atoms with Gasteiger partial charge in [-0.15, -0.1) is 0 Å². The van der Waals surface area contributed by atoms with E-state index in [1.165, 1.54) is 212 Å². The molecule has 0 bridgehead atoms. The molecule has 0 heterocycles. The maximum absolute atomic E-state index is 5.13. The number of fused-ring (bicyclic) bond motifs is 4. The molecule has 125 heavy (non-hydrogen) atoms. The van der Waals surface area contributed by atoms with E-state index in [-0.39, 0.29) is 73.9 Å². The first kappa shape index (κ1) is 76.4.